The Balaban J connectivity index is 2.20. The topological polar surface area (TPSA) is 64.3 Å². The molecule has 1 heterocycles. The SMILES string of the molecule is CC(=O)/C(=C/c1cccc2c(=O)cc(C)oc12)C(=O)c1ccccc1. The van der Waals surface area contributed by atoms with E-state index in [9.17, 15) is 14.4 Å². The first-order chi connectivity index (χ1) is 12.0. The zero-order valence-electron chi connectivity index (χ0n) is 13.9. The molecule has 3 aromatic rings. The van der Waals surface area contributed by atoms with Crippen LogP contribution >= 0.6 is 0 Å². The number of carbonyl (C=O) groups is 2. The zero-order valence-corrected chi connectivity index (χ0v) is 13.9. The second-order valence-electron chi connectivity index (χ2n) is 5.75. The highest BCUT2D eigenvalue weighted by Gasteiger charge is 2.17. The monoisotopic (exact) mass is 332 g/mol. The molecule has 0 aliphatic rings. The molecule has 0 spiro atoms. The Morgan fingerprint density at radius 2 is 1.72 bits per heavy atom. The lowest BCUT2D eigenvalue weighted by Gasteiger charge is -2.06. The molecule has 0 radical (unpaired) electrons. The maximum atomic E-state index is 12.7. The second-order valence-corrected chi connectivity index (χ2v) is 5.75. The molecule has 0 bridgehead atoms. The number of fused-ring (bicyclic) bond motifs is 1. The van der Waals surface area contributed by atoms with Crippen molar-refractivity contribution in [2.24, 2.45) is 0 Å². The first-order valence-corrected chi connectivity index (χ1v) is 7.83. The van der Waals surface area contributed by atoms with Gasteiger partial charge in [0.25, 0.3) is 0 Å². The Hall–Kier alpha value is -3.27. The summed E-state index contributed by atoms with van der Waals surface area (Å²) in [6, 6.07) is 15.1. The van der Waals surface area contributed by atoms with Gasteiger partial charge in [0.2, 0.25) is 0 Å². The summed E-state index contributed by atoms with van der Waals surface area (Å²) in [5.74, 6) is -0.238. The fourth-order valence-electron chi connectivity index (χ4n) is 2.66. The quantitative estimate of drug-likeness (QED) is 0.314. The molecule has 4 heteroatoms. The minimum atomic E-state index is -0.361. The number of hydrogen-bond donors (Lipinski definition) is 0. The number of Topliss-reactive ketones (excluding diaryl/α,β-unsaturated/α-hetero) is 2. The van der Waals surface area contributed by atoms with E-state index < -0.39 is 0 Å². The highest BCUT2D eigenvalue weighted by Crippen LogP contribution is 2.22. The van der Waals surface area contributed by atoms with E-state index in [4.69, 9.17) is 4.42 Å². The van der Waals surface area contributed by atoms with Gasteiger partial charge in [0.1, 0.15) is 11.3 Å². The molecule has 3 rings (SSSR count). The van der Waals surface area contributed by atoms with Crippen molar-refractivity contribution in [1.82, 2.24) is 0 Å². The van der Waals surface area contributed by atoms with Crippen LogP contribution in [0.2, 0.25) is 0 Å². The van der Waals surface area contributed by atoms with Crippen molar-refractivity contribution in [1.29, 1.82) is 0 Å². The van der Waals surface area contributed by atoms with Gasteiger partial charge in [-0.1, -0.05) is 42.5 Å². The summed E-state index contributed by atoms with van der Waals surface area (Å²) in [5.41, 5.74) is 1.21. The van der Waals surface area contributed by atoms with Crippen LogP contribution in [0.3, 0.4) is 0 Å². The van der Waals surface area contributed by atoms with Gasteiger partial charge in [-0.3, -0.25) is 14.4 Å². The number of ketones is 2. The number of hydrogen-bond acceptors (Lipinski definition) is 4. The van der Waals surface area contributed by atoms with Crippen molar-refractivity contribution in [3.63, 3.8) is 0 Å². The Bertz CT molecular complexity index is 1060. The molecule has 0 saturated heterocycles. The predicted molar refractivity (Wildman–Crippen MR) is 96.7 cm³/mol. The van der Waals surface area contributed by atoms with Crippen LogP contribution in [-0.2, 0) is 4.79 Å². The minimum Gasteiger partial charge on any atom is -0.460 e. The van der Waals surface area contributed by atoms with E-state index in [1.165, 1.54) is 19.1 Å². The first kappa shape index (κ1) is 16.6. The van der Waals surface area contributed by atoms with Gasteiger partial charge in [-0.2, -0.15) is 0 Å². The highest BCUT2D eigenvalue weighted by atomic mass is 16.3. The minimum absolute atomic E-state index is 0.0443. The smallest absolute Gasteiger partial charge is 0.196 e. The van der Waals surface area contributed by atoms with Gasteiger partial charge in [-0.05, 0) is 26.0 Å². The molecule has 4 nitrogen and oxygen atoms in total. The second kappa shape index (κ2) is 6.69. The number of benzene rings is 2. The maximum absolute atomic E-state index is 12.7. The standard InChI is InChI=1S/C21H16O4/c1-13-11-19(23)17-10-6-9-16(21(17)25-13)12-18(14(2)22)20(24)15-7-4-3-5-8-15/h3-12H,1-2H3/b18-12-. The lowest BCUT2D eigenvalue weighted by molar-refractivity contribution is -0.113. The van der Waals surface area contributed by atoms with Crippen LogP contribution in [0.4, 0.5) is 0 Å². The molecule has 0 unspecified atom stereocenters. The molecular weight excluding hydrogens is 316 g/mol. The van der Waals surface area contributed by atoms with E-state index >= 15 is 0 Å². The number of allylic oxidation sites excluding steroid dienone is 1. The van der Waals surface area contributed by atoms with E-state index in [0.29, 0.717) is 27.9 Å². The van der Waals surface area contributed by atoms with Crippen LogP contribution in [0.15, 0.2) is 69.4 Å². The summed E-state index contributed by atoms with van der Waals surface area (Å²) < 4.78 is 5.67. The molecule has 0 aliphatic heterocycles. The van der Waals surface area contributed by atoms with Crippen LogP contribution in [0.5, 0.6) is 0 Å². The fourth-order valence-corrected chi connectivity index (χ4v) is 2.66. The average Bonchev–Trinajstić information content (AvgIpc) is 2.60. The molecule has 0 aliphatic carbocycles. The molecule has 0 fully saturated rings. The summed E-state index contributed by atoms with van der Waals surface area (Å²) >= 11 is 0. The molecule has 0 atom stereocenters. The summed E-state index contributed by atoms with van der Waals surface area (Å²) in [4.78, 5) is 36.8. The summed E-state index contributed by atoms with van der Waals surface area (Å²) in [6.45, 7) is 3.03. The lowest BCUT2D eigenvalue weighted by Crippen LogP contribution is -2.10. The molecular formula is C21H16O4. The van der Waals surface area contributed by atoms with Gasteiger partial charge < -0.3 is 4.42 Å². The fraction of sp³-hybridized carbons (Fsp3) is 0.0952. The van der Waals surface area contributed by atoms with Crippen LogP contribution in [0, 0.1) is 6.92 Å². The van der Waals surface area contributed by atoms with Gasteiger partial charge in [-0.25, -0.2) is 0 Å². The highest BCUT2D eigenvalue weighted by molar-refractivity contribution is 6.28. The molecule has 0 saturated carbocycles. The average molecular weight is 332 g/mol. The third-order valence-corrected chi connectivity index (χ3v) is 3.87. The Labute approximate surface area is 144 Å². The van der Waals surface area contributed by atoms with E-state index in [1.807, 2.05) is 0 Å². The van der Waals surface area contributed by atoms with Gasteiger partial charge in [-0.15, -0.1) is 0 Å². The molecule has 1 aromatic heterocycles. The van der Waals surface area contributed by atoms with Crippen molar-refractivity contribution in [2.75, 3.05) is 0 Å². The van der Waals surface area contributed by atoms with Gasteiger partial charge in [0.15, 0.2) is 17.0 Å². The number of carbonyl (C=O) groups excluding carboxylic acids is 2. The molecule has 2 aromatic carbocycles. The van der Waals surface area contributed by atoms with Gasteiger partial charge >= 0.3 is 0 Å². The van der Waals surface area contributed by atoms with Crippen LogP contribution < -0.4 is 5.43 Å². The molecule has 25 heavy (non-hydrogen) atoms. The van der Waals surface area contributed by atoms with Crippen LogP contribution in [0.25, 0.3) is 17.0 Å². The number of para-hydroxylation sites is 1. The van der Waals surface area contributed by atoms with Crippen molar-refractivity contribution >= 4 is 28.6 Å². The van der Waals surface area contributed by atoms with E-state index in [0.717, 1.165) is 0 Å². The normalized spacial score (nSPS) is 11.5. The summed E-state index contributed by atoms with van der Waals surface area (Å²) in [6.07, 6.45) is 1.49. The molecule has 124 valence electrons. The number of aryl methyl sites for hydroxylation is 1. The molecule has 0 N–H and O–H groups in total. The van der Waals surface area contributed by atoms with Crippen LogP contribution in [0.1, 0.15) is 28.6 Å². The Morgan fingerprint density at radius 3 is 2.40 bits per heavy atom. The Kier molecular flexibility index (Phi) is 4.44. The largest absolute Gasteiger partial charge is 0.460 e. The number of rotatable bonds is 4. The van der Waals surface area contributed by atoms with E-state index in [-0.39, 0.29) is 22.6 Å². The van der Waals surface area contributed by atoms with Crippen molar-refractivity contribution in [3.05, 3.63) is 87.3 Å². The van der Waals surface area contributed by atoms with Gasteiger partial charge in [0.05, 0.1) is 11.0 Å². The van der Waals surface area contributed by atoms with Crippen molar-refractivity contribution in [2.45, 2.75) is 13.8 Å². The third-order valence-electron chi connectivity index (χ3n) is 3.87. The first-order valence-electron chi connectivity index (χ1n) is 7.83. The third kappa shape index (κ3) is 3.33. The van der Waals surface area contributed by atoms with E-state index in [1.54, 1.807) is 55.5 Å². The van der Waals surface area contributed by atoms with Crippen LogP contribution in [-0.4, -0.2) is 11.6 Å². The zero-order chi connectivity index (χ0) is 18.0. The predicted octanol–water partition coefficient (Wildman–Crippen LogP) is 3.96. The van der Waals surface area contributed by atoms with E-state index in [2.05, 4.69) is 0 Å². The van der Waals surface area contributed by atoms with Crippen molar-refractivity contribution < 1.29 is 14.0 Å². The maximum Gasteiger partial charge on any atom is 0.196 e. The summed E-state index contributed by atoms with van der Waals surface area (Å²) in [7, 11) is 0. The molecule has 0 amide bonds. The summed E-state index contributed by atoms with van der Waals surface area (Å²) in [5, 5.41) is 0.411. The lowest BCUT2D eigenvalue weighted by atomic mass is 9.97. The Morgan fingerprint density at radius 1 is 1.00 bits per heavy atom. The van der Waals surface area contributed by atoms with Gasteiger partial charge in [0, 0.05) is 17.2 Å². The van der Waals surface area contributed by atoms with Crippen molar-refractivity contribution in [3.8, 4) is 0 Å².